The zero-order chi connectivity index (χ0) is 31.8. The van der Waals surface area contributed by atoms with Gasteiger partial charge in [-0.05, 0) is 42.0 Å². The Morgan fingerprint density at radius 1 is 0.650 bits per heavy atom. The lowest BCUT2D eigenvalue weighted by Crippen LogP contribution is -2.74. The van der Waals surface area contributed by atoms with Crippen molar-refractivity contribution in [1.29, 1.82) is 0 Å². The van der Waals surface area contributed by atoms with Gasteiger partial charge in [0, 0.05) is 6.42 Å². The fourth-order valence-electron chi connectivity index (χ4n) is 2.91. The van der Waals surface area contributed by atoms with E-state index in [4.69, 9.17) is 4.74 Å². The molecule has 0 amide bonds. The highest BCUT2D eigenvalue weighted by atomic mass is 32.2. The molecule has 0 aromatic heterocycles. The Morgan fingerprint density at radius 2 is 1.10 bits per heavy atom. The maximum Gasteiger partial charge on any atom is 0.460 e. The molecular formula is C20H17F17O2S. The van der Waals surface area contributed by atoms with E-state index in [2.05, 4.69) is 0 Å². The second-order valence-electron chi connectivity index (χ2n) is 8.12. The number of aromatic hydroxyl groups is 1. The van der Waals surface area contributed by atoms with Crippen LogP contribution in [0.2, 0.25) is 0 Å². The number of hydrogen-bond acceptors (Lipinski definition) is 3. The highest BCUT2D eigenvalue weighted by Gasteiger charge is 2.95. The molecule has 0 radical (unpaired) electrons. The smallest absolute Gasteiger partial charge is 0.460 e. The normalized spacial score (nSPS) is 14.9. The number of phenolic OH excluding ortho intramolecular Hbond substituents is 1. The quantitative estimate of drug-likeness (QED) is 0.163. The molecule has 0 aliphatic heterocycles. The predicted molar refractivity (Wildman–Crippen MR) is 106 cm³/mol. The second-order valence-corrected chi connectivity index (χ2v) is 9.35. The van der Waals surface area contributed by atoms with Crippen LogP contribution in [0.4, 0.5) is 74.6 Å². The molecule has 0 spiro atoms. The van der Waals surface area contributed by atoms with Crippen molar-refractivity contribution in [2.75, 3.05) is 18.6 Å². The summed E-state index contributed by atoms with van der Waals surface area (Å²) in [6, 6.07) is 3.99. The summed E-state index contributed by atoms with van der Waals surface area (Å²) in [6.07, 6.45) is -9.98. The Labute approximate surface area is 217 Å². The third-order valence-electron chi connectivity index (χ3n) is 5.35. The van der Waals surface area contributed by atoms with E-state index in [-0.39, 0.29) is 30.1 Å². The molecule has 0 saturated carbocycles. The lowest BCUT2D eigenvalue weighted by molar-refractivity contribution is -0.461. The van der Waals surface area contributed by atoms with E-state index in [0.29, 0.717) is 17.3 Å². The first-order valence-corrected chi connectivity index (χ1v) is 11.5. The zero-order valence-electron chi connectivity index (χ0n) is 19.5. The zero-order valence-corrected chi connectivity index (χ0v) is 20.3. The summed E-state index contributed by atoms with van der Waals surface area (Å²) in [5.41, 5.74) is 0.516. The van der Waals surface area contributed by atoms with Gasteiger partial charge in [0.05, 0.1) is 7.11 Å². The van der Waals surface area contributed by atoms with Crippen molar-refractivity contribution >= 4 is 11.8 Å². The molecule has 0 aliphatic carbocycles. The minimum Gasteiger partial charge on any atom is -0.504 e. The molecule has 2 nitrogen and oxygen atoms in total. The van der Waals surface area contributed by atoms with Crippen molar-refractivity contribution < 1.29 is 84.5 Å². The van der Waals surface area contributed by atoms with Crippen LogP contribution in [0.5, 0.6) is 11.5 Å². The van der Waals surface area contributed by atoms with Crippen molar-refractivity contribution in [2.24, 2.45) is 0 Å². The molecule has 20 heteroatoms. The van der Waals surface area contributed by atoms with Gasteiger partial charge >= 0.3 is 47.6 Å². The van der Waals surface area contributed by atoms with Crippen molar-refractivity contribution in [3.05, 3.63) is 23.8 Å². The maximum atomic E-state index is 13.9. The number of thioether (sulfide) groups is 1. The molecule has 0 bridgehead atoms. The minimum absolute atomic E-state index is 0.0511. The Kier molecular flexibility index (Phi) is 10.2. The van der Waals surface area contributed by atoms with Gasteiger partial charge in [0.15, 0.2) is 11.5 Å². The number of halogens is 17. The maximum absolute atomic E-state index is 13.9. The standard InChI is InChI=1S/C20H17F17O2S/c1-39-12-9-10(4-5-11(12)38)3-2-7-40-8-6-13(21,22)14(23,24)15(25,26)16(27,28)17(29,30)18(31,32)19(33,34)20(35,36)37/h4-5,9,38H,2-3,6-8H2,1H3. The van der Waals surface area contributed by atoms with E-state index >= 15 is 0 Å². The lowest BCUT2D eigenvalue weighted by Gasteiger charge is -2.42. The van der Waals surface area contributed by atoms with Crippen LogP contribution in [0.1, 0.15) is 18.4 Å². The molecule has 0 heterocycles. The van der Waals surface area contributed by atoms with Gasteiger partial charge in [-0.15, -0.1) is 0 Å². The number of benzene rings is 1. The fraction of sp³-hybridized carbons (Fsp3) is 0.700. The Balaban J connectivity index is 3.02. The highest BCUT2D eigenvalue weighted by Crippen LogP contribution is 2.64. The third kappa shape index (κ3) is 5.96. The van der Waals surface area contributed by atoms with E-state index in [1.807, 2.05) is 0 Å². The van der Waals surface area contributed by atoms with Gasteiger partial charge in [-0.1, -0.05) is 6.07 Å². The van der Waals surface area contributed by atoms with Crippen LogP contribution in [-0.2, 0) is 6.42 Å². The monoisotopic (exact) mass is 644 g/mol. The number of hydrogen-bond donors (Lipinski definition) is 1. The number of ether oxygens (including phenoxy) is 1. The molecule has 0 saturated heterocycles. The van der Waals surface area contributed by atoms with E-state index < -0.39 is 59.8 Å². The van der Waals surface area contributed by atoms with E-state index in [0.717, 1.165) is 0 Å². The van der Waals surface area contributed by atoms with Gasteiger partial charge in [-0.3, -0.25) is 0 Å². The van der Waals surface area contributed by atoms with E-state index in [1.165, 1.54) is 25.3 Å². The van der Waals surface area contributed by atoms with Gasteiger partial charge in [0.2, 0.25) is 0 Å². The van der Waals surface area contributed by atoms with Crippen molar-refractivity contribution in [2.45, 2.75) is 66.9 Å². The first-order valence-electron chi connectivity index (χ1n) is 10.3. The second kappa shape index (κ2) is 11.3. The predicted octanol–water partition coefficient (Wildman–Crippen LogP) is 8.47. The summed E-state index contributed by atoms with van der Waals surface area (Å²) in [5.74, 6) is -57.7. The number of phenols is 1. The van der Waals surface area contributed by atoms with Crippen LogP contribution in [0, 0.1) is 0 Å². The fourth-order valence-corrected chi connectivity index (χ4v) is 3.86. The minimum atomic E-state index is -8.62. The summed E-state index contributed by atoms with van der Waals surface area (Å²) >= 11 is 0.344. The topological polar surface area (TPSA) is 29.5 Å². The summed E-state index contributed by atoms with van der Waals surface area (Å²) in [6.45, 7) is 0. The molecule has 0 fully saturated rings. The summed E-state index contributed by atoms with van der Waals surface area (Å²) in [5, 5.41) is 9.46. The van der Waals surface area contributed by atoms with Crippen LogP contribution in [0.15, 0.2) is 18.2 Å². The van der Waals surface area contributed by atoms with Crippen molar-refractivity contribution in [3.8, 4) is 11.5 Å². The summed E-state index contributed by atoms with van der Waals surface area (Å²) in [7, 11) is 1.22. The molecule has 1 rings (SSSR count). The molecular weight excluding hydrogens is 627 g/mol. The van der Waals surface area contributed by atoms with Crippen molar-refractivity contribution in [3.63, 3.8) is 0 Å². The highest BCUT2D eigenvalue weighted by molar-refractivity contribution is 7.99. The largest absolute Gasteiger partial charge is 0.504 e. The van der Waals surface area contributed by atoms with Crippen LogP contribution in [0.25, 0.3) is 0 Å². The first kappa shape index (κ1) is 36.0. The van der Waals surface area contributed by atoms with Crippen LogP contribution < -0.4 is 4.74 Å². The third-order valence-corrected chi connectivity index (χ3v) is 6.42. The van der Waals surface area contributed by atoms with Crippen molar-refractivity contribution in [1.82, 2.24) is 0 Å². The first-order chi connectivity index (χ1) is 17.7. The van der Waals surface area contributed by atoms with Gasteiger partial charge < -0.3 is 9.84 Å². The molecule has 234 valence electrons. The number of alkyl halides is 17. The Hall–Kier alpha value is -2.02. The molecule has 0 atom stereocenters. The van der Waals surface area contributed by atoms with E-state index in [1.54, 1.807) is 0 Å². The van der Waals surface area contributed by atoms with Crippen LogP contribution >= 0.6 is 11.8 Å². The molecule has 0 unspecified atom stereocenters. The molecule has 1 N–H and O–H groups in total. The molecule has 0 aliphatic rings. The van der Waals surface area contributed by atoms with Crippen LogP contribution in [0.3, 0.4) is 0 Å². The van der Waals surface area contributed by atoms with Gasteiger partial charge in [0.1, 0.15) is 0 Å². The number of aryl methyl sites for hydroxylation is 1. The summed E-state index contributed by atoms with van der Waals surface area (Å²) < 4.78 is 230. The average Bonchev–Trinajstić information content (AvgIpc) is 2.80. The SMILES string of the molecule is COc1cc(CCCSCCC(F)(F)C(F)(F)C(F)(F)C(F)(F)C(F)(F)C(F)(F)C(F)(F)C(F)(F)F)ccc1O. The summed E-state index contributed by atoms with van der Waals surface area (Å²) in [4.78, 5) is 0. The van der Waals surface area contributed by atoms with Gasteiger partial charge in [0.25, 0.3) is 0 Å². The van der Waals surface area contributed by atoms with Gasteiger partial charge in [-0.25, -0.2) is 0 Å². The molecule has 40 heavy (non-hydrogen) atoms. The number of methoxy groups -OCH3 is 1. The molecule has 1 aromatic carbocycles. The Bertz CT molecular complexity index is 1010. The number of rotatable bonds is 14. The molecule has 1 aromatic rings. The average molecular weight is 644 g/mol. The lowest BCUT2D eigenvalue weighted by atomic mass is 9.88. The van der Waals surface area contributed by atoms with Gasteiger partial charge in [-0.2, -0.15) is 86.4 Å². The Morgan fingerprint density at radius 3 is 1.55 bits per heavy atom. The van der Waals surface area contributed by atoms with E-state index in [9.17, 15) is 79.7 Å². The van der Waals surface area contributed by atoms with Crippen LogP contribution in [-0.4, -0.2) is 71.4 Å².